The first-order chi connectivity index (χ1) is 13.1. The second kappa shape index (κ2) is 9.47. The van der Waals surface area contributed by atoms with Crippen LogP contribution in [0.1, 0.15) is 33.6 Å². The minimum Gasteiger partial charge on any atom is -0.466 e. The number of anilines is 1. The van der Waals surface area contributed by atoms with Crippen LogP contribution < -0.4 is 10.6 Å². The van der Waals surface area contributed by atoms with Gasteiger partial charge in [-0.1, -0.05) is 23.2 Å². The van der Waals surface area contributed by atoms with E-state index in [1.807, 2.05) is 0 Å². The Balaban J connectivity index is 1.92. The van der Waals surface area contributed by atoms with Gasteiger partial charge in [-0.2, -0.15) is 0 Å². The van der Waals surface area contributed by atoms with E-state index < -0.39 is 11.6 Å². The molecule has 2 rings (SSSR count). The fourth-order valence-electron chi connectivity index (χ4n) is 3.06. The Morgan fingerprint density at radius 3 is 2.43 bits per heavy atom. The molecule has 1 aromatic carbocycles. The Hall–Kier alpha value is -1.99. The summed E-state index contributed by atoms with van der Waals surface area (Å²) >= 11 is 11.9. The van der Waals surface area contributed by atoms with Crippen LogP contribution in [-0.4, -0.2) is 48.0 Å². The topological polar surface area (TPSA) is 87.7 Å². The molecular weight excluding hydrogens is 405 g/mol. The molecule has 0 aromatic heterocycles. The van der Waals surface area contributed by atoms with Gasteiger partial charge in [0.05, 0.1) is 23.2 Å². The zero-order valence-electron chi connectivity index (χ0n) is 16.2. The SMILES string of the molecule is CCOC(=O)C1CCN(C(=O)C(C)(C)NC(=O)Nc2ccc(Cl)cc2Cl)CC1. The van der Waals surface area contributed by atoms with Crippen LogP contribution in [0.3, 0.4) is 0 Å². The van der Waals surface area contributed by atoms with Gasteiger partial charge in [-0.05, 0) is 51.8 Å². The summed E-state index contributed by atoms with van der Waals surface area (Å²) in [5.41, 5.74) is -0.734. The van der Waals surface area contributed by atoms with E-state index in [1.54, 1.807) is 37.8 Å². The van der Waals surface area contributed by atoms with Gasteiger partial charge in [0.1, 0.15) is 5.54 Å². The number of piperidine rings is 1. The Morgan fingerprint density at radius 2 is 1.86 bits per heavy atom. The van der Waals surface area contributed by atoms with E-state index in [0.717, 1.165) is 0 Å². The standard InChI is InChI=1S/C19H25Cl2N3O4/c1-4-28-16(25)12-7-9-24(10-8-12)17(26)19(2,3)23-18(27)22-15-6-5-13(20)11-14(15)21/h5-6,11-12H,4,7-10H2,1-3H3,(H2,22,23,27). The Labute approximate surface area is 174 Å². The number of esters is 1. The van der Waals surface area contributed by atoms with E-state index >= 15 is 0 Å². The molecule has 0 aliphatic carbocycles. The van der Waals surface area contributed by atoms with Gasteiger partial charge in [0.15, 0.2) is 0 Å². The second-order valence-corrected chi connectivity index (χ2v) is 7.99. The number of ether oxygens (including phenoxy) is 1. The largest absolute Gasteiger partial charge is 0.466 e. The number of urea groups is 1. The Morgan fingerprint density at radius 1 is 1.21 bits per heavy atom. The number of halogens is 2. The van der Waals surface area contributed by atoms with Crippen LogP contribution in [0.4, 0.5) is 10.5 Å². The second-order valence-electron chi connectivity index (χ2n) is 7.15. The molecule has 0 spiro atoms. The molecule has 154 valence electrons. The molecule has 1 heterocycles. The molecule has 1 fully saturated rings. The van der Waals surface area contributed by atoms with Crippen molar-refractivity contribution in [2.45, 2.75) is 39.2 Å². The summed E-state index contributed by atoms with van der Waals surface area (Å²) in [6, 6.07) is 4.15. The van der Waals surface area contributed by atoms with E-state index in [4.69, 9.17) is 27.9 Å². The third-order valence-electron chi connectivity index (χ3n) is 4.54. The number of benzene rings is 1. The molecule has 2 N–H and O–H groups in total. The molecule has 1 saturated heterocycles. The summed E-state index contributed by atoms with van der Waals surface area (Å²) in [4.78, 5) is 38.7. The minimum atomic E-state index is -1.13. The fraction of sp³-hybridized carbons (Fsp3) is 0.526. The normalized spacial score (nSPS) is 15.1. The van der Waals surface area contributed by atoms with E-state index in [0.29, 0.717) is 48.3 Å². The molecule has 28 heavy (non-hydrogen) atoms. The van der Waals surface area contributed by atoms with Crippen LogP contribution in [0.25, 0.3) is 0 Å². The van der Waals surface area contributed by atoms with Crippen LogP contribution in [-0.2, 0) is 14.3 Å². The van der Waals surface area contributed by atoms with Crippen molar-refractivity contribution in [3.05, 3.63) is 28.2 Å². The predicted octanol–water partition coefficient (Wildman–Crippen LogP) is 3.70. The maximum absolute atomic E-state index is 12.8. The molecule has 1 aliphatic rings. The molecule has 0 bridgehead atoms. The lowest BCUT2D eigenvalue weighted by Gasteiger charge is -2.36. The summed E-state index contributed by atoms with van der Waals surface area (Å²) < 4.78 is 5.04. The summed E-state index contributed by atoms with van der Waals surface area (Å²) in [6.07, 6.45) is 1.10. The van der Waals surface area contributed by atoms with Crippen LogP contribution >= 0.6 is 23.2 Å². The third-order valence-corrected chi connectivity index (χ3v) is 5.09. The first-order valence-corrected chi connectivity index (χ1v) is 9.90. The highest BCUT2D eigenvalue weighted by molar-refractivity contribution is 6.36. The first kappa shape index (κ1) is 22.3. The smallest absolute Gasteiger partial charge is 0.320 e. The van der Waals surface area contributed by atoms with Crippen molar-refractivity contribution in [2.24, 2.45) is 5.92 Å². The highest BCUT2D eigenvalue weighted by atomic mass is 35.5. The highest BCUT2D eigenvalue weighted by Crippen LogP contribution is 2.26. The summed E-state index contributed by atoms with van der Waals surface area (Å²) in [7, 11) is 0. The number of hydrogen-bond acceptors (Lipinski definition) is 4. The number of carbonyl (C=O) groups excluding carboxylic acids is 3. The van der Waals surface area contributed by atoms with Crippen molar-refractivity contribution in [2.75, 3.05) is 25.0 Å². The molecule has 1 aliphatic heterocycles. The average Bonchev–Trinajstić information content (AvgIpc) is 2.63. The molecule has 1 aromatic rings. The lowest BCUT2D eigenvalue weighted by atomic mass is 9.94. The lowest BCUT2D eigenvalue weighted by molar-refractivity contribution is -0.152. The number of hydrogen-bond donors (Lipinski definition) is 2. The van der Waals surface area contributed by atoms with Crippen molar-refractivity contribution in [1.29, 1.82) is 0 Å². The van der Waals surface area contributed by atoms with Gasteiger partial charge in [0.25, 0.3) is 0 Å². The maximum Gasteiger partial charge on any atom is 0.320 e. The number of likely N-dealkylation sites (tertiary alicyclic amines) is 1. The van der Waals surface area contributed by atoms with Gasteiger partial charge in [0.2, 0.25) is 5.91 Å². The monoisotopic (exact) mass is 429 g/mol. The Bertz CT molecular complexity index is 747. The van der Waals surface area contributed by atoms with E-state index in [9.17, 15) is 14.4 Å². The molecule has 0 saturated carbocycles. The molecule has 3 amide bonds. The van der Waals surface area contributed by atoms with Gasteiger partial charge in [-0.3, -0.25) is 9.59 Å². The summed E-state index contributed by atoms with van der Waals surface area (Å²) in [6.45, 7) is 6.27. The third kappa shape index (κ3) is 5.75. The summed E-state index contributed by atoms with van der Waals surface area (Å²) in [5.74, 6) is -0.617. The van der Waals surface area contributed by atoms with Crippen molar-refractivity contribution >= 4 is 46.8 Å². The Kier molecular flexibility index (Phi) is 7.55. The van der Waals surface area contributed by atoms with Crippen LogP contribution in [0.5, 0.6) is 0 Å². The zero-order valence-corrected chi connectivity index (χ0v) is 17.7. The average molecular weight is 430 g/mol. The number of nitrogens with zero attached hydrogens (tertiary/aromatic N) is 1. The van der Waals surface area contributed by atoms with Gasteiger partial charge >= 0.3 is 12.0 Å². The van der Waals surface area contributed by atoms with Crippen molar-refractivity contribution in [3.63, 3.8) is 0 Å². The number of carbonyl (C=O) groups is 3. The van der Waals surface area contributed by atoms with Crippen molar-refractivity contribution in [1.82, 2.24) is 10.2 Å². The van der Waals surface area contributed by atoms with Crippen LogP contribution in [0, 0.1) is 5.92 Å². The van der Waals surface area contributed by atoms with Crippen molar-refractivity contribution in [3.8, 4) is 0 Å². The fourth-order valence-corrected chi connectivity index (χ4v) is 3.51. The van der Waals surface area contributed by atoms with Crippen molar-refractivity contribution < 1.29 is 19.1 Å². The number of rotatable bonds is 5. The van der Waals surface area contributed by atoms with E-state index in [-0.39, 0.29) is 17.8 Å². The quantitative estimate of drug-likeness (QED) is 0.698. The number of amides is 3. The lowest BCUT2D eigenvalue weighted by Crippen LogP contribution is -2.58. The number of nitrogens with one attached hydrogen (secondary N) is 2. The van der Waals surface area contributed by atoms with Crippen LogP contribution in [0.2, 0.25) is 10.0 Å². The highest BCUT2D eigenvalue weighted by Gasteiger charge is 2.36. The molecule has 7 nitrogen and oxygen atoms in total. The van der Waals surface area contributed by atoms with Gasteiger partial charge in [-0.25, -0.2) is 4.79 Å². The van der Waals surface area contributed by atoms with Gasteiger partial charge < -0.3 is 20.3 Å². The molecule has 0 radical (unpaired) electrons. The van der Waals surface area contributed by atoms with E-state index in [1.165, 1.54) is 6.07 Å². The maximum atomic E-state index is 12.8. The molecule has 9 heteroatoms. The van der Waals surface area contributed by atoms with E-state index in [2.05, 4.69) is 10.6 Å². The minimum absolute atomic E-state index is 0.185. The van der Waals surface area contributed by atoms with Gasteiger partial charge in [0, 0.05) is 18.1 Å². The molecule has 0 unspecified atom stereocenters. The molecular formula is C19H25Cl2N3O4. The predicted molar refractivity (Wildman–Crippen MR) is 109 cm³/mol. The zero-order chi connectivity index (χ0) is 20.9. The summed E-state index contributed by atoms with van der Waals surface area (Å²) in [5, 5.41) is 6.04. The van der Waals surface area contributed by atoms with Crippen LogP contribution in [0.15, 0.2) is 18.2 Å². The molecule has 0 atom stereocenters. The van der Waals surface area contributed by atoms with Gasteiger partial charge in [-0.15, -0.1) is 0 Å². The first-order valence-electron chi connectivity index (χ1n) is 9.14.